The van der Waals surface area contributed by atoms with Crippen molar-refractivity contribution in [3.05, 3.63) is 158 Å². The average Bonchev–Trinajstić information content (AvgIpc) is 3.36. The highest BCUT2D eigenvalue weighted by Gasteiger charge is 2.19. The number of carbonyl (C=O) groups is 3. The van der Waals surface area contributed by atoms with E-state index in [2.05, 4.69) is 118 Å². The van der Waals surface area contributed by atoms with Gasteiger partial charge in [-0.15, -0.1) is 0 Å². The molecule has 0 aliphatic heterocycles. The molecule has 0 saturated heterocycles. The first-order valence-corrected chi connectivity index (χ1v) is 27.6. The van der Waals surface area contributed by atoms with E-state index < -0.39 is 6.10 Å². The SMILES string of the molecule is CC\C=C/C=C\C=C/C=C\C=C\C=C/CCCCCC(=O)OC(COC(=O)CCCCCCCC/C=C\C/C=C\C/C=C\CC)COC(=O)CCCCCCCC/C=C\C/C=C\C/C=C\C/C=C\CC. The summed E-state index contributed by atoms with van der Waals surface area (Å²) in [7, 11) is 0. The summed E-state index contributed by atoms with van der Waals surface area (Å²) in [5.74, 6) is -0.995. The largest absolute Gasteiger partial charge is 0.462 e. The molecule has 1 unspecified atom stereocenters. The van der Waals surface area contributed by atoms with Crippen LogP contribution in [-0.4, -0.2) is 37.2 Å². The van der Waals surface area contributed by atoms with Gasteiger partial charge in [-0.3, -0.25) is 14.4 Å². The molecule has 0 N–H and O–H groups in total. The molecule has 0 aromatic heterocycles. The second kappa shape index (κ2) is 56.6. The van der Waals surface area contributed by atoms with Crippen molar-refractivity contribution in [2.75, 3.05) is 13.2 Å². The van der Waals surface area contributed by atoms with Gasteiger partial charge in [0, 0.05) is 19.3 Å². The van der Waals surface area contributed by atoms with Crippen molar-refractivity contribution in [2.45, 2.75) is 213 Å². The van der Waals surface area contributed by atoms with Gasteiger partial charge in [-0.25, -0.2) is 0 Å². The quantitative estimate of drug-likeness (QED) is 0.0199. The van der Waals surface area contributed by atoms with Crippen LogP contribution >= 0.6 is 0 Å². The van der Waals surface area contributed by atoms with E-state index in [1.807, 2.05) is 60.8 Å². The second-order valence-electron chi connectivity index (χ2n) is 17.5. The molecule has 0 amide bonds. The Morgan fingerprint density at radius 3 is 0.986 bits per heavy atom. The first kappa shape index (κ1) is 65.0. The van der Waals surface area contributed by atoms with Crippen LogP contribution in [0.1, 0.15) is 207 Å². The first-order chi connectivity index (χ1) is 34.5. The van der Waals surface area contributed by atoms with E-state index >= 15 is 0 Å². The normalized spacial score (nSPS) is 13.4. The molecule has 390 valence electrons. The van der Waals surface area contributed by atoms with Crippen molar-refractivity contribution in [1.82, 2.24) is 0 Å². The van der Waals surface area contributed by atoms with Crippen LogP contribution in [0.15, 0.2) is 158 Å². The molecule has 0 bridgehead atoms. The minimum atomic E-state index is -0.822. The zero-order chi connectivity index (χ0) is 50.7. The second-order valence-corrected chi connectivity index (χ2v) is 17.5. The highest BCUT2D eigenvalue weighted by Crippen LogP contribution is 2.13. The first-order valence-electron chi connectivity index (χ1n) is 27.6. The highest BCUT2D eigenvalue weighted by molar-refractivity contribution is 5.71. The van der Waals surface area contributed by atoms with Crippen molar-refractivity contribution in [1.29, 1.82) is 0 Å². The Morgan fingerprint density at radius 2 is 0.586 bits per heavy atom. The molecule has 1 atom stereocenters. The van der Waals surface area contributed by atoms with Gasteiger partial charge in [0.05, 0.1) is 0 Å². The fourth-order valence-electron chi connectivity index (χ4n) is 6.89. The summed E-state index contributed by atoms with van der Waals surface area (Å²) in [6.07, 6.45) is 82.2. The van der Waals surface area contributed by atoms with Gasteiger partial charge in [-0.2, -0.15) is 0 Å². The maximum absolute atomic E-state index is 12.8. The predicted octanol–water partition coefficient (Wildman–Crippen LogP) is 18.6. The highest BCUT2D eigenvalue weighted by atomic mass is 16.6. The summed E-state index contributed by atoms with van der Waals surface area (Å²) in [6.45, 7) is 6.19. The number of carbonyl (C=O) groups excluding carboxylic acids is 3. The van der Waals surface area contributed by atoms with Crippen LogP contribution in [0.5, 0.6) is 0 Å². The Hall–Kier alpha value is -4.97. The van der Waals surface area contributed by atoms with Crippen LogP contribution in [0, 0.1) is 0 Å². The standard InChI is InChI=1S/C64H98O6/c1-4-7-10-13-16-19-22-25-28-31-32-34-36-39-42-45-48-51-54-57-63(66)69-60-61(59-68-62(65)56-53-50-47-44-41-38-35-30-27-24-21-18-15-12-9-6-3)70-64(67)58-55-52-49-46-43-40-37-33-29-26-23-20-17-14-11-8-5-2/h7-12,14,16-21,23,25-30,32-34,37,40,43,61H,4-6,13,15,22,24,31,35-36,38-39,41-42,44-60H2,1-3H3/b10-7-,11-8-,12-9-,17-14-,19-16-,21-18-,23-20-,28-25-,29-26-,30-27-,34-32-,37-33+,43-40-. The van der Waals surface area contributed by atoms with Gasteiger partial charge in [-0.1, -0.05) is 237 Å². The van der Waals surface area contributed by atoms with Crippen molar-refractivity contribution < 1.29 is 28.6 Å². The van der Waals surface area contributed by atoms with Crippen LogP contribution in [0.25, 0.3) is 0 Å². The van der Waals surface area contributed by atoms with Crippen LogP contribution < -0.4 is 0 Å². The minimum absolute atomic E-state index is 0.116. The summed E-state index contributed by atoms with van der Waals surface area (Å²) in [4.78, 5) is 38.1. The van der Waals surface area contributed by atoms with Gasteiger partial charge in [0.1, 0.15) is 13.2 Å². The molecule has 6 heteroatoms. The molecule has 0 aromatic carbocycles. The molecular weight excluding hydrogens is 865 g/mol. The molecule has 0 saturated carbocycles. The number of rotatable bonds is 47. The smallest absolute Gasteiger partial charge is 0.306 e. The van der Waals surface area contributed by atoms with Gasteiger partial charge >= 0.3 is 17.9 Å². The van der Waals surface area contributed by atoms with Crippen LogP contribution in [0.3, 0.4) is 0 Å². The molecule has 70 heavy (non-hydrogen) atoms. The third kappa shape index (κ3) is 54.0. The summed E-state index contributed by atoms with van der Waals surface area (Å²) in [5.41, 5.74) is 0. The van der Waals surface area contributed by atoms with E-state index in [0.29, 0.717) is 19.3 Å². The van der Waals surface area contributed by atoms with Crippen LogP contribution in [0.4, 0.5) is 0 Å². The Bertz CT molecular complexity index is 1620. The number of unbranched alkanes of at least 4 members (excludes halogenated alkanes) is 15. The van der Waals surface area contributed by atoms with Crippen LogP contribution in [-0.2, 0) is 28.6 Å². The molecule has 0 rings (SSSR count). The molecule has 6 nitrogen and oxygen atoms in total. The lowest BCUT2D eigenvalue weighted by atomic mass is 10.1. The third-order valence-corrected chi connectivity index (χ3v) is 10.9. The summed E-state index contributed by atoms with van der Waals surface area (Å²) in [6, 6.07) is 0. The van der Waals surface area contributed by atoms with Gasteiger partial charge < -0.3 is 14.2 Å². The van der Waals surface area contributed by atoms with Gasteiger partial charge in [-0.05, 0) is 109 Å². The molecule has 0 aromatic rings. The average molecular weight is 963 g/mol. The summed E-state index contributed by atoms with van der Waals surface area (Å²) >= 11 is 0. The van der Waals surface area contributed by atoms with Gasteiger partial charge in [0.2, 0.25) is 0 Å². The fourth-order valence-corrected chi connectivity index (χ4v) is 6.89. The van der Waals surface area contributed by atoms with E-state index in [9.17, 15) is 14.4 Å². The Kier molecular flexibility index (Phi) is 52.6. The zero-order valence-corrected chi connectivity index (χ0v) is 44.5. The van der Waals surface area contributed by atoms with Crippen molar-refractivity contribution in [3.8, 4) is 0 Å². The van der Waals surface area contributed by atoms with E-state index in [0.717, 1.165) is 135 Å². The Morgan fingerprint density at radius 1 is 0.300 bits per heavy atom. The maximum Gasteiger partial charge on any atom is 0.306 e. The molecular formula is C64H98O6. The van der Waals surface area contributed by atoms with E-state index in [1.165, 1.54) is 25.7 Å². The monoisotopic (exact) mass is 963 g/mol. The third-order valence-electron chi connectivity index (χ3n) is 10.9. The molecule has 0 spiro atoms. The lowest BCUT2D eigenvalue weighted by Crippen LogP contribution is -2.30. The van der Waals surface area contributed by atoms with Crippen molar-refractivity contribution in [2.24, 2.45) is 0 Å². The zero-order valence-electron chi connectivity index (χ0n) is 44.5. The van der Waals surface area contributed by atoms with Gasteiger partial charge in [0.15, 0.2) is 6.10 Å². The maximum atomic E-state index is 12.8. The molecule has 0 radical (unpaired) electrons. The topological polar surface area (TPSA) is 78.9 Å². The molecule has 0 aliphatic carbocycles. The predicted molar refractivity (Wildman–Crippen MR) is 302 cm³/mol. The Labute approximate surface area is 429 Å². The number of esters is 3. The van der Waals surface area contributed by atoms with Crippen LogP contribution in [0.2, 0.25) is 0 Å². The molecule has 0 aliphatic rings. The van der Waals surface area contributed by atoms with Crippen molar-refractivity contribution >= 4 is 17.9 Å². The minimum Gasteiger partial charge on any atom is -0.462 e. The summed E-state index contributed by atoms with van der Waals surface area (Å²) in [5, 5.41) is 0. The number of hydrogen-bond acceptors (Lipinski definition) is 6. The van der Waals surface area contributed by atoms with E-state index in [-0.39, 0.29) is 37.5 Å². The molecule has 0 fully saturated rings. The lowest BCUT2D eigenvalue weighted by molar-refractivity contribution is -0.167. The van der Waals surface area contributed by atoms with Gasteiger partial charge in [0.25, 0.3) is 0 Å². The number of hydrogen-bond donors (Lipinski definition) is 0. The lowest BCUT2D eigenvalue weighted by Gasteiger charge is -2.18. The molecule has 0 heterocycles. The van der Waals surface area contributed by atoms with E-state index in [1.54, 1.807) is 0 Å². The Balaban J connectivity index is 4.56. The van der Waals surface area contributed by atoms with Crippen molar-refractivity contribution in [3.63, 3.8) is 0 Å². The fraction of sp³-hybridized carbons (Fsp3) is 0.547. The van der Waals surface area contributed by atoms with E-state index in [4.69, 9.17) is 14.2 Å². The number of allylic oxidation sites excluding steroid dienone is 26. The summed E-state index contributed by atoms with van der Waals surface area (Å²) < 4.78 is 16.8. The number of ether oxygens (including phenoxy) is 3.